The lowest BCUT2D eigenvalue weighted by Crippen LogP contribution is -2.29. The third kappa shape index (κ3) is 5.10. The molecular formula is C30H32N4O2S. The molecule has 190 valence electrons. The van der Waals surface area contributed by atoms with E-state index in [9.17, 15) is 0 Å². The van der Waals surface area contributed by atoms with Gasteiger partial charge in [-0.2, -0.15) is 0 Å². The van der Waals surface area contributed by atoms with Gasteiger partial charge in [0.1, 0.15) is 11.5 Å². The van der Waals surface area contributed by atoms with Crippen LogP contribution in [0, 0.1) is 20.8 Å². The Hall–Kier alpha value is -3.68. The lowest BCUT2D eigenvalue weighted by Gasteiger charge is -2.28. The minimum atomic E-state index is -0.0893. The summed E-state index contributed by atoms with van der Waals surface area (Å²) in [5, 5.41) is 4.23. The third-order valence-corrected chi connectivity index (χ3v) is 7.23. The molecule has 1 aliphatic rings. The Balaban J connectivity index is 1.51. The number of hydrogen-bond acceptors (Lipinski definition) is 4. The van der Waals surface area contributed by atoms with Gasteiger partial charge in [-0.25, -0.2) is 0 Å². The van der Waals surface area contributed by atoms with E-state index in [0.717, 1.165) is 29.4 Å². The molecule has 2 atom stereocenters. The smallest absolute Gasteiger partial charge is 0.174 e. The summed E-state index contributed by atoms with van der Waals surface area (Å²) in [4.78, 5) is 6.88. The second-order valence-corrected chi connectivity index (χ2v) is 9.76. The van der Waals surface area contributed by atoms with Crippen LogP contribution in [0.2, 0.25) is 0 Å². The van der Waals surface area contributed by atoms with Crippen molar-refractivity contribution in [3.63, 3.8) is 0 Å². The summed E-state index contributed by atoms with van der Waals surface area (Å²) in [6, 6.07) is 24.3. The Bertz CT molecular complexity index is 1370. The highest BCUT2D eigenvalue weighted by atomic mass is 32.1. The number of benzene rings is 2. The summed E-state index contributed by atoms with van der Waals surface area (Å²) in [6.07, 6.45) is 1.83. The molecule has 0 saturated carbocycles. The lowest BCUT2D eigenvalue weighted by atomic mass is 9.96. The van der Waals surface area contributed by atoms with Crippen molar-refractivity contribution in [2.75, 3.05) is 18.6 Å². The van der Waals surface area contributed by atoms with Crippen molar-refractivity contribution >= 4 is 23.0 Å². The summed E-state index contributed by atoms with van der Waals surface area (Å²) in [6.45, 7) is 7.84. The van der Waals surface area contributed by atoms with Crippen molar-refractivity contribution < 1.29 is 9.47 Å². The van der Waals surface area contributed by atoms with Gasteiger partial charge in [0.25, 0.3) is 0 Å². The SMILES string of the molecule is COCCn1c(C)cc([C@H]2[C@@H](c3ccccn3)NC(=S)N2c2ccc(Oc3ccc(C)cc3)cc2)c1C. The van der Waals surface area contributed by atoms with Crippen molar-refractivity contribution in [3.05, 3.63) is 107 Å². The number of hydrogen-bond donors (Lipinski definition) is 1. The largest absolute Gasteiger partial charge is 0.457 e. The normalized spacial score (nSPS) is 17.2. The van der Waals surface area contributed by atoms with E-state index in [1.54, 1.807) is 7.11 Å². The van der Waals surface area contributed by atoms with E-state index in [4.69, 9.17) is 21.7 Å². The van der Waals surface area contributed by atoms with Gasteiger partial charge in [-0.1, -0.05) is 23.8 Å². The molecule has 0 aliphatic carbocycles. The van der Waals surface area contributed by atoms with Gasteiger partial charge in [-0.05, 0) is 93.1 Å². The van der Waals surface area contributed by atoms with Crippen LogP contribution in [0.5, 0.6) is 11.5 Å². The second-order valence-electron chi connectivity index (χ2n) is 9.38. The van der Waals surface area contributed by atoms with E-state index in [0.29, 0.717) is 11.7 Å². The van der Waals surface area contributed by atoms with Gasteiger partial charge in [0.2, 0.25) is 0 Å². The van der Waals surface area contributed by atoms with Gasteiger partial charge in [-0.3, -0.25) is 4.98 Å². The van der Waals surface area contributed by atoms with Crippen LogP contribution in [0.15, 0.2) is 79.0 Å². The first-order valence-electron chi connectivity index (χ1n) is 12.5. The molecule has 0 unspecified atom stereocenters. The number of ether oxygens (including phenoxy) is 2. The van der Waals surface area contributed by atoms with Crippen LogP contribution in [0.25, 0.3) is 0 Å². The van der Waals surface area contributed by atoms with Crippen LogP contribution in [0.1, 0.15) is 40.3 Å². The zero-order valence-corrected chi connectivity index (χ0v) is 22.5. The first kappa shape index (κ1) is 25.0. The Morgan fingerprint density at radius 2 is 1.65 bits per heavy atom. The minimum Gasteiger partial charge on any atom is -0.457 e. The number of nitrogens with zero attached hydrogens (tertiary/aromatic N) is 3. The maximum atomic E-state index is 6.06. The maximum Gasteiger partial charge on any atom is 0.174 e. The zero-order chi connectivity index (χ0) is 25.9. The first-order valence-corrected chi connectivity index (χ1v) is 12.9. The number of aromatic nitrogens is 2. The molecule has 1 fully saturated rings. The molecule has 3 heterocycles. The third-order valence-electron chi connectivity index (χ3n) is 6.92. The monoisotopic (exact) mass is 512 g/mol. The van der Waals surface area contributed by atoms with Crippen molar-refractivity contribution in [3.8, 4) is 11.5 Å². The van der Waals surface area contributed by atoms with Crippen LogP contribution in [0.4, 0.5) is 5.69 Å². The molecule has 0 amide bonds. The van der Waals surface area contributed by atoms with Crippen LogP contribution < -0.4 is 15.0 Å². The first-order chi connectivity index (χ1) is 18.0. The number of anilines is 1. The Morgan fingerprint density at radius 3 is 2.30 bits per heavy atom. The van der Waals surface area contributed by atoms with E-state index < -0.39 is 0 Å². The molecule has 1 aliphatic heterocycles. The molecule has 6 nitrogen and oxygen atoms in total. The molecule has 0 radical (unpaired) electrons. The average molecular weight is 513 g/mol. The highest BCUT2D eigenvalue weighted by Crippen LogP contribution is 2.43. The number of aryl methyl sites for hydroxylation is 2. The summed E-state index contributed by atoms with van der Waals surface area (Å²) in [7, 11) is 1.74. The standard InChI is InChI=1S/C30H32N4O2S/c1-20-8-12-24(13-9-20)36-25-14-10-23(11-15-25)34-29(26-19-21(2)33(22(26)3)17-18-35-4)28(32-30(34)37)27-7-5-6-16-31-27/h5-16,19,28-29H,17-18H2,1-4H3,(H,32,37)/t28-,29+/m1/s1. The van der Waals surface area contributed by atoms with Crippen LogP contribution in [0.3, 0.4) is 0 Å². The number of methoxy groups -OCH3 is 1. The predicted octanol–water partition coefficient (Wildman–Crippen LogP) is 6.42. The van der Waals surface area contributed by atoms with Gasteiger partial charge in [0, 0.05) is 36.9 Å². The lowest BCUT2D eigenvalue weighted by molar-refractivity contribution is 0.186. The van der Waals surface area contributed by atoms with E-state index >= 15 is 0 Å². The zero-order valence-electron chi connectivity index (χ0n) is 21.6. The molecule has 0 spiro atoms. The van der Waals surface area contributed by atoms with E-state index in [1.807, 2.05) is 54.7 Å². The molecule has 7 heteroatoms. The van der Waals surface area contributed by atoms with Gasteiger partial charge >= 0.3 is 0 Å². The van der Waals surface area contributed by atoms with Gasteiger partial charge in [0.05, 0.1) is 24.4 Å². The van der Waals surface area contributed by atoms with Crippen LogP contribution in [-0.2, 0) is 11.3 Å². The second kappa shape index (κ2) is 10.7. The molecule has 1 saturated heterocycles. The van der Waals surface area contributed by atoms with E-state index in [-0.39, 0.29) is 12.1 Å². The Labute approximate surface area is 223 Å². The van der Waals surface area contributed by atoms with Crippen molar-refractivity contribution in [1.29, 1.82) is 0 Å². The van der Waals surface area contributed by atoms with Crippen molar-refractivity contribution in [2.45, 2.75) is 39.4 Å². The molecule has 37 heavy (non-hydrogen) atoms. The summed E-state index contributed by atoms with van der Waals surface area (Å²) in [5.41, 5.74) is 6.78. The fourth-order valence-electron chi connectivity index (χ4n) is 5.02. The van der Waals surface area contributed by atoms with Crippen molar-refractivity contribution in [1.82, 2.24) is 14.9 Å². The quantitative estimate of drug-likeness (QED) is 0.275. The summed E-state index contributed by atoms with van der Waals surface area (Å²) >= 11 is 5.91. The number of thiocarbonyl (C=S) groups is 1. The summed E-state index contributed by atoms with van der Waals surface area (Å²) in [5.74, 6) is 1.59. The van der Waals surface area contributed by atoms with Gasteiger partial charge in [0.15, 0.2) is 5.11 Å². The topological polar surface area (TPSA) is 51.5 Å². The Kier molecular flexibility index (Phi) is 7.26. The van der Waals surface area contributed by atoms with E-state index in [1.165, 1.54) is 22.5 Å². The number of nitrogens with one attached hydrogen (secondary N) is 1. The van der Waals surface area contributed by atoms with Crippen LogP contribution in [-0.4, -0.2) is 28.4 Å². The number of rotatable bonds is 8. The maximum absolute atomic E-state index is 6.06. The predicted molar refractivity (Wildman–Crippen MR) is 151 cm³/mol. The minimum absolute atomic E-state index is 0.0613. The fourth-order valence-corrected chi connectivity index (χ4v) is 5.37. The molecule has 0 bridgehead atoms. The summed E-state index contributed by atoms with van der Waals surface area (Å²) < 4.78 is 13.7. The van der Waals surface area contributed by atoms with Gasteiger partial charge < -0.3 is 24.3 Å². The fraction of sp³-hybridized carbons (Fsp3) is 0.267. The van der Waals surface area contributed by atoms with E-state index in [2.05, 4.69) is 64.8 Å². The molecule has 1 N–H and O–H groups in total. The number of pyridine rings is 1. The average Bonchev–Trinajstić information content (AvgIpc) is 3.40. The van der Waals surface area contributed by atoms with Crippen LogP contribution >= 0.6 is 12.2 Å². The molecular weight excluding hydrogens is 480 g/mol. The molecule has 4 aromatic rings. The van der Waals surface area contributed by atoms with Crippen molar-refractivity contribution in [2.24, 2.45) is 0 Å². The highest BCUT2D eigenvalue weighted by molar-refractivity contribution is 7.80. The highest BCUT2D eigenvalue weighted by Gasteiger charge is 2.42. The Morgan fingerprint density at radius 1 is 0.946 bits per heavy atom. The molecule has 5 rings (SSSR count). The molecule has 2 aromatic carbocycles. The van der Waals surface area contributed by atoms with Gasteiger partial charge in [-0.15, -0.1) is 0 Å². The molecule has 2 aromatic heterocycles.